The van der Waals surface area contributed by atoms with Crippen LogP contribution in [0.3, 0.4) is 0 Å². The molecule has 2 aromatic heterocycles. The summed E-state index contributed by atoms with van der Waals surface area (Å²) in [5.74, 6) is 0.118. The van der Waals surface area contributed by atoms with E-state index < -0.39 is 10.8 Å². The van der Waals surface area contributed by atoms with Crippen LogP contribution in [0.2, 0.25) is 0 Å². The van der Waals surface area contributed by atoms with Gasteiger partial charge in [0.25, 0.3) is 11.6 Å². The highest BCUT2D eigenvalue weighted by Crippen LogP contribution is 2.30. The molecule has 10 heteroatoms. The predicted octanol–water partition coefficient (Wildman–Crippen LogP) is 4.01. The molecule has 0 atom stereocenters. The van der Waals surface area contributed by atoms with Crippen LogP contribution in [-0.2, 0) is 6.54 Å². The van der Waals surface area contributed by atoms with Crippen molar-refractivity contribution in [3.05, 3.63) is 69.2 Å². The highest BCUT2D eigenvalue weighted by atomic mass is 79.9. The van der Waals surface area contributed by atoms with Gasteiger partial charge >= 0.3 is 0 Å². The minimum Gasteiger partial charge on any atom is -0.455 e. The first-order valence-corrected chi connectivity index (χ1v) is 8.67. The Labute approximate surface area is 162 Å². The maximum absolute atomic E-state index is 12.5. The van der Waals surface area contributed by atoms with Gasteiger partial charge in [0.1, 0.15) is 11.5 Å². The average molecular weight is 432 g/mol. The van der Waals surface area contributed by atoms with Gasteiger partial charge in [-0.15, -0.1) is 0 Å². The number of benzene rings is 1. The van der Waals surface area contributed by atoms with Gasteiger partial charge in [-0.25, -0.2) is 0 Å². The second kappa shape index (κ2) is 7.96. The standard InChI is InChI=1S/C17H14BrN5O4/c1-2-22-10-15(18)16(21-22)17(24)20-11-6-12(23(25)26)8-14(7-11)27-13-4-3-5-19-9-13/h3-10H,2H2,1H3,(H,20,24). The van der Waals surface area contributed by atoms with Crippen molar-refractivity contribution in [2.75, 3.05) is 5.32 Å². The minimum atomic E-state index is -0.562. The summed E-state index contributed by atoms with van der Waals surface area (Å²) in [6.45, 7) is 2.50. The highest BCUT2D eigenvalue weighted by molar-refractivity contribution is 9.10. The number of nitrogens with one attached hydrogen (secondary N) is 1. The van der Waals surface area contributed by atoms with Gasteiger partial charge in [-0.1, -0.05) is 0 Å². The van der Waals surface area contributed by atoms with Crippen LogP contribution in [0, 0.1) is 10.1 Å². The Balaban J connectivity index is 1.88. The fraction of sp³-hybridized carbons (Fsp3) is 0.118. The molecular formula is C17H14BrN5O4. The SMILES string of the molecule is CCn1cc(Br)c(C(=O)Nc2cc(Oc3cccnc3)cc([N+](=O)[O-])c2)n1. The second-order valence-corrected chi connectivity index (χ2v) is 6.25. The normalized spacial score (nSPS) is 10.4. The van der Waals surface area contributed by atoms with Gasteiger partial charge in [-0.05, 0) is 35.0 Å². The lowest BCUT2D eigenvalue weighted by Crippen LogP contribution is -2.14. The lowest BCUT2D eigenvalue weighted by Gasteiger charge is -2.09. The van der Waals surface area contributed by atoms with E-state index >= 15 is 0 Å². The third-order valence-electron chi connectivity index (χ3n) is 3.49. The summed E-state index contributed by atoms with van der Waals surface area (Å²) >= 11 is 3.28. The van der Waals surface area contributed by atoms with Crippen molar-refractivity contribution in [2.45, 2.75) is 13.5 Å². The molecule has 1 N–H and O–H groups in total. The Kier molecular flexibility index (Phi) is 5.46. The molecule has 0 bridgehead atoms. The van der Waals surface area contributed by atoms with Crippen molar-refractivity contribution in [3.63, 3.8) is 0 Å². The first-order valence-electron chi connectivity index (χ1n) is 7.88. The van der Waals surface area contributed by atoms with Crippen LogP contribution in [0.25, 0.3) is 0 Å². The van der Waals surface area contributed by atoms with E-state index in [1.165, 1.54) is 24.4 Å². The number of halogens is 1. The number of ether oxygens (including phenoxy) is 1. The maximum atomic E-state index is 12.5. The van der Waals surface area contributed by atoms with E-state index in [9.17, 15) is 14.9 Å². The molecule has 0 aliphatic rings. The van der Waals surface area contributed by atoms with Crippen LogP contribution < -0.4 is 10.1 Å². The van der Waals surface area contributed by atoms with Gasteiger partial charge in [0, 0.05) is 31.1 Å². The van der Waals surface area contributed by atoms with E-state index in [1.807, 2.05) is 6.92 Å². The van der Waals surface area contributed by atoms with Crippen molar-refractivity contribution in [1.29, 1.82) is 0 Å². The van der Waals surface area contributed by atoms with Gasteiger partial charge in [-0.2, -0.15) is 5.10 Å². The van der Waals surface area contributed by atoms with Crippen LogP contribution in [-0.4, -0.2) is 25.6 Å². The third-order valence-corrected chi connectivity index (χ3v) is 4.07. The first kappa shape index (κ1) is 18.5. The lowest BCUT2D eigenvalue weighted by atomic mass is 10.2. The van der Waals surface area contributed by atoms with Crippen LogP contribution in [0.15, 0.2) is 53.4 Å². The molecular weight excluding hydrogens is 418 g/mol. The number of hydrogen-bond donors (Lipinski definition) is 1. The number of pyridine rings is 1. The zero-order chi connectivity index (χ0) is 19.4. The van der Waals surface area contributed by atoms with E-state index in [0.717, 1.165) is 0 Å². The summed E-state index contributed by atoms with van der Waals surface area (Å²) in [5.41, 5.74) is 0.175. The number of aromatic nitrogens is 3. The topological polar surface area (TPSA) is 112 Å². The Bertz CT molecular complexity index is 990. The van der Waals surface area contributed by atoms with Crippen molar-refractivity contribution >= 4 is 33.2 Å². The highest BCUT2D eigenvalue weighted by Gasteiger charge is 2.18. The Morgan fingerprint density at radius 1 is 1.37 bits per heavy atom. The molecule has 138 valence electrons. The van der Waals surface area contributed by atoms with Crippen molar-refractivity contribution in [1.82, 2.24) is 14.8 Å². The fourth-order valence-electron chi connectivity index (χ4n) is 2.27. The van der Waals surface area contributed by atoms with Crippen molar-refractivity contribution in [2.24, 2.45) is 0 Å². The minimum absolute atomic E-state index is 0.179. The number of amides is 1. The molecule has 3 rings (SSSR count). The number of anilines is 1. The molecule has 0 fully saturated rings. The number of nitro benzene ring substituents is 1. The Morgan fingerprint density at radius 2 is 2.19 bits per heavy atom. The molecule has 0 aliphatic carbocycles. The quantitative estimate of drug-likeness (QED) is 0.465. The van der Waals surface area contributed by atoms with Crippen molar-refractivity contribution in [3.8, 4) is 11.5 Å². The van der Waals surface area contributed by atoms with E-state index in [0.29, 0.717) is 16.8 Å². The monoisotopic (exact) mass is 431 g/mol. The number of aryl methyl sites for hydroxylation is 1. The number of carbonyl (C=O) groups is 1. The average Bonchev–Trinajstić information content (AvgIpc) is 3.03. The summed E-state index contributed by atoms with van der Waals surface area (Å²) in [6, 6.07) is 7.35. The molecule has 2 heterocycles. The molecule has 27 heavy (non-hydrogen) atoms. The van der Waals surface area contributed by atoms with Crippen molar-refractivity contribution < 1.29 is 14.5 Å². The fourth-order valence-corrected chi connectivity index (χ4v) is 2.76. The Morgan fingerprint density at radius 3 is 2.81 bits per heavy atom. The van der Waals surface area contributed by atoms with Gasteiger partial charge in [0.15, 0.2) is 5.69 Å². The number of carbonyl (C=O) groups excluding carboxylic acids is 1. The zero-order valence-electron chi connectivity index (χ0n) is 14.1. The van der Waals surface area contributed by atoms with Crippen LogP contribution in [0.1, 0.15) is 17.4 Å². The van der Waals surface area contributed by atoms with Gasteiger partial charge in [-0.3, -0.25) is 24.6 Å². The van der Waals surface area contributed by atoms with E-state index in [-0.39, 0.29) is 22.8 Å². The van der Waals surface area contributed by atoms with Crippen LogP contribution >= 0.6 is 15.9 Å². The van der Waals surface area contributed by atoms with E-state index in [2.05, 4.69) is 31.3 Å². The molecule has 0 spiro atoms. The third kappa shape index (κ3) is 4.47. The molecule has 0 radical (unpaired) electrons. The smallest absolute Gasteiger partial charge is 0.277 e. The Hall–Kier alpha value is -3.27. The predicted molar refractivity (Wildman–Crippen MR) is 101 cm³/mol. The molecule has 0 saturated carbocycles. The largest absolute Gasteiger partial charge is 0.455 e. The van der Waals surface area contributed by atoms with Gasteiger partial charge in [0.2, 0.25) is 0 Å². The number of rotatable bonds is 6. The maximum Gasteiger partial charge on any atom is 0.277 e. The summed E-state index contributed by atoms with van der Waals surface area (Å²) in [5, 5.41) is 18.0. The first-order chi connectivity index (χ1) is 13.0. The van der Waals surface area contributed by atoms with E-state index in [1.54, 1.807) is 29.2 Å². The molecule has 1 amide bonds. The number of non-ortho nitro benzene ring substituents is 1. The lowest BCUT2D eigenvalue weighted by molar-refractivity contribution is -0.384. The summed E-state index contributed by atoms with van der Waals surface area (Å²) in [7, 11) is 0. The zero-order valence-corrected chi connectivity index (χ0v) is 15.7. The number of nitrogens with zero attached hydrogens (tertiary/aromatic N) is 4. The van der Waals surface area contributed by atoms with E-state index in [4.69, 9.17) is 4.74 Å². The molecule has 0 unspecified atom stereocenters. The van der Waals surface area contributed by atoms with Gasteiger partial charge < -0.3 is 10.1 Å². The summed E-state index contributed by atoms with van der Waals surface area (Å²) < 4.78 is 7.72. The molecule has 0 aliphatic heterocycles. The molecule has 1 aromatic carbocycles. The molecule has 0 saturated heterocycles. The summed E-state index contributed by atoms with van der Waals surface area (Å²) in [4.78, 5) is 27.1. The van der Waals surface area contributed by atoms with Crippen LogP contribution in [0.4, 0.5) is 11.4 Å². The molecule has 3 aromatic rings. The molecule has 9 nitrogen and oxygen atoms in total. The van der Waals surface area contributed by atoms with Crippen LogP contribution in [0.5, 0.6) is 11.5 Å². The number of hydrogen-bond acceptors (Lipinski definition) is 6. The van der Waals surface area contributed by atoms with Gasteiger partial charge in [0.05, 0.1) is 27.3 Å². The second-order valence-electron chi connectivity index (χ2n) is 5.40. The number of nitro groups is 1. The summed E-state index contributed by atoms with van der Waals surface area (Å²) in [6.07, 6.45) is 4.74.